The van der Waals surface area contributed by atoms with Crippen molar-refractivity contribution in [3.8, 4) is 0 Å². The number of carbonyl (C=O) groups excluding carboxylic acids is 1. The lowest BCUT2D eigenvalue weighted by Gasteiger charge is -2.00. The molecule has 0 atom stereocenters. The van der Waals surface area contributed by atoms with Crippen molar-refractivity contribution in [3.05, 3.63) is 0 Å². The second-order valence-corrected chi connectivity index (χ2v) is 2.43. The van der Waals surface area contributed by atoms with Gasteiger partial charge in [0.15, 0.2) is 0 Å². The standard InChI is InChI=1S/C4H8.CH6N4O/c1-4-2-3-4;2-1(6)5(3)4/h4H,2-3H2,1H3;3-4H2,(H2,2,6). The number of hydrogen-bond acceptors (Lipinski definition) is 3. The van der Waals surface area contributed by atoms with Crippen LogP contribution in [0.5, 0.6) is 0 Å². The molecule has 0 aromatic rings. The number of rotatable bonds is 0. The fraction of sp³-hybridized carbons (Fsp3) is 0.800. The molecule has 5 heteroatoms. The summed E-state index contributed by atoms with van der Waals surface area (Å²) in [6.07, 6.45) is 2.97. The Balaban J connectivity index is 0.000000172. The van der Waals surface area contributed by atoms with E-state index in [9.17, 15) is 4.79 Å². The minimum absolute atomic E-state index is 0.306. The molecule has 0 unspecified atom stereocenters. The van der Waals surface area contributed by atoms with Crippen LogP contribution in [0.4, 0.5) is 4.79 Å². The van der Waals surface area contributed by atoms with Gasteiger partial charge in [0.05, 0.1) is 0 Å². The summed E-state index contributed by atoms with van der Waals surface area (Å²) in [7, 11) is 0. The summed E-state index contributed by atoms with van der Waals surface area (Å²) in [5.74, 6) is 10.2. The fourth-order valence-electron chi connectivity index (χ4n) is 0.167. The molecule has 0 spiro atoms. The summed E-state index contributed by atoms with van der Waals surface area (Å²) in [6, 6.07) is -0.852. The summed E-state index contributed by atoms with van der Waals surface area (Å²) >= 11 is 0. The third-order valence-corrected chi connectivity index (χ3v) is 1.12. The first-order valence-electron chi connectivity index (χ1n) is 3.13. The zero-order valence-corrected chi connectivity index (χ0v) is 6.08. The van der Waals surface area contributed by atoms with E-state index < -0.39 is 6.03 Å². The molecule has 1 saturated carbocycles. The van der Waals surface area contributed by atoms with Gasteiger partial charge in [-0.15, -0.1) is 0 Å². The molecule has 0 aliphatic heterocycles. The first-order valence-corrected chi connectivity index (χ1v) is 3.13. The maximum absolute atomic E-state index is 9.60. The van der Waals surface area contributed by atoms with Crippen LogP contribution in [-0.2, 0) is 0 Å². The van der Waals surface area contributed by atoms with Gasteiger partial charge in [0.2, 0.25) is 0 Å². The maximum atomic E-state index is 9.60. The molecule has 2 amide bonds. The van der Waals surface area contributed by atoms with Crippen LogP contribution in [0.2, 0.25) is 0 Å². The molecule has 10 heavy (non-hydrogen) atoms. The van der Waals surface area contributed by atoms with Gasteiger partial charge >= 0.3 is 6.03 Å². The molecule has 0 aromatic carbocycles. The van der Waals surface area contributed by atoms with Gasteiger partial charge in [-0.2, -0.15) is 5.12 Å². The molecule has 1 aliphatic rings. The molecule has 1 aliphatic carbocycles. The van der Waals surface area contributed by atoms with Crippen LogP contribution in [0.25, 0.3) is 0 Å². The van der Waals surface area contributed by atoms with Gasteiger partial charge in [-0.1, -0.05) is 19.8 Å². The van der Waals surface area contributed by atoms with Crippen LogP contribution in [0.15, 0.2) is 0 Å². The van der Waals surface area contributed by atoms with Crippen LogP contribution in [-0.4, -0.2) is 11.1 Å². The van der Waals surface area contributed by atoms with Gasteiger partial charge in [-0.3, -0.25) is 0 Å². The van der Waals surface area contributed by atoms with E-state index >= 15 is 0 Å². The minimum Gasteiger partial charge on any atom is -0.349 e. The highest BCUT2D eigenvalue weighted by molar-refractivity contribution is 5.70. The van der Waals surface area contributed by atoms with E-state index in [2.05, 4.69) is 24.3 Å². The van der Waals surface area contributed by atoms with Crippen molar-refractivity contribution >= 4 is 6.03 Å². The third kappa shape index (κ3) is 7.19. The van der Waals surface area contributed by atoms with Crippen LogP contribution in [0.3, 0.4) is 0 Å². The highest BCUT2D eigenvalue weighted by Crippen LogP contribution is 2.26. The van der Waals surface area contributed by atoms with Crippen molar-refractivity contribution in [1.82, 2.24) is 5.12 Å². The van der Waals surface area contributed by atoms with Crippen LogP contribution < -0.4 is 17.4 Å². The lowest BCUT2D eigenvalue weighted by Crippen LogP contribution is -2.46. The maximum Gasteiger partial charge on any atom is 0.343 e. The Hall–Kier alpha value is -0.810. The average Bonchev–Trinajstić information content (AvgIpc) is 2.52. The highest BCUT2D eigenvalue weighted by Gasteiger charge is 2.12. The second-order valence-electron chi connectivity index (χ2n) is 2.43. The van der Waals surface area contributed by atoms with E-state index in [0.717, 1.165) is 5.92 Å². The summed E-state index contributed by atoms with van der Waals surface area (Å²) in [5.41, 5.74) is 4.47. The lowest BCUT2D eigenvalue weighted by atomic mass is 10.5. The number of hydrogen-bond donors (Lipinski definition) is 3. The number of carbonyl (C=O) groups is 1. The summed E-state index contributed by atoms with van der Waals surface area (Å²) in [6.45, 7) is 2.28. The predicted octanol–water partition coefficient (Wildman–Crippen LogP) is -0.469. The van der Waals surface area contributed by atoms with Crippen molar-refractivity contribution < 1.29 is 4.79 Å². The minimum atomic E-state index is -0.852. The number of nitrogens with zero attached hydrogens (tertiary/aromatic N) is 1. The van der Waals surface area contributed by atoms with E-state index in [1.54, 1.807) is 0 Å². The molecule has 0 saturated heterocycles. The topological polar surface area (TPSA) is 98.4 Å². The van der Waals surface area contributed by atoms with Crippen LogP contribution >= 0.6 is 0 Å². The Morgan fingerprint density at radius 1 is 1.50 bits per heavy atom. The first kappa shape index (κ1) is 9.19. The zero-order chi connectivity index (χ0) is 8.15. The van der Waals surface area contributed by atoms with Crippen LogP contribution in [0, 0.1) is 5.92 Å². The van der Waals surface area contributed by atoms with Crippen molar-refractivity contribution in [3.63, 3.8) is 0 Å². The van der Waals surface area contributed by atoms with E-state index in [1.165, 1.54) is 12.8 Å². The first-order chi connectivity index (χ1) is 4.54. The summed E-state index contributed by atoms with van der Waals surface area (Å²) in [4.78, 5) is 9.60. The summed E-state index contributed by atoms with van der Waals surface area (Å²) < 4.78 is 0. The lowest BCUT2D eigenvalue weighted by molar-refractivity contribution is 0.210. The van der Waals surface area contributed by atoms with Crippen molar-refractivity contribution in [2.75, 3.05) is 0 Å². The SMILES string of the molecule is CC1CC1.NC(=O)N(N)N. The number of hydrazine groups is 2. The van der Waals surface area contributed by atoms with Gasteiger partial charge in [-0.05, 0) is 5.92 Å². The van der Waals surface area contributed by atoms with E-state index in [1.807, 2.05) is 0 Å². The molecule has 60 valence electrons. The molecule has 6 N–H and O–H groups in total. The molecular formula is C5H14N4O. The van der Waals surface area contributed by atoms with Crippen molar-refractivity contribution in [1.29, 1.82) is 0 Å². The Morgan fingerprint density at radius 3 is 1.70 bits per heavy atom. The van der Waals surface area contributed by atoms with Crippen molar-refractivity contribution in [2.24, 2.45) is 23.3 Å². The van der Waals surface area contributed by atoms with Gasteiger partial charge in [-0.25, -0.2) is 16.5 Å². The quantitative estimate of drug-likeness (QED) is 0.245. The Kier molecular flexibility index (Phi) is 3.75. The second kappa shape index (κ2) is 4.08. The molecule has 0 heterocycles. The third-order valence-electron chi connectivity index (χ3n) is 1.12. The normalized spacial score (nSPS) is 15.1. The molecule has 1 fully saturated rings. The zero-order valence-electron chi connectivity index (χ0n) is 6.08. The molecule has 0 radical (unpaired) electrons. The summed E-state index contributed by atoms with van der Waals surface area (Å²) in [5, 5.41) is 0.306. The van der Waals surface area contributed by atoms with Gasteiger partial charge in [0.1, 0.15) is 0 Å². The molecular weight excluding hydrogens is 132 g/mol. The predicted molar refractivity (Wildman–Crippen MR) is 38.2 cm³/mol. The number of primary amides is 1. The van der Waals surface area contributed by atoms with Crippen LogP contribution in [0.1, 0.15) is 19.8 Å². The Morgan fingerprint density at radius 2 is 1.70 bits per heavy atom. The molecule has 0 aromatic heterocycles. The van der Waals surface area contributed by atoms with Gasteiger partial charge < -0.3 is 5.73 Å². The Labute approximate surface area is 60.1 Å². The molecule has 1 rings (SSSR count). The van der Waals surface area contributed by atoms with Gasteiger partial charge in [0.25, 0.3) is 0 Å². The molecule has 5 nitrogen and oxygen atoms in total. The highest BCUT2D eigenvalue weighted by atomic mass is 16.2. The smallest absolute Gasteiger partial charge is 0.343 e. The molecule has 0 bridgehead atoms. The van der Waals surface area contributed by atoms with E-state index in [0.29, 0.717) is 5.12 Å². The Bertz CT molecular complexity index is 110. The van der Waals surface area contributed by atoms with E-state index in [4.69, 9.17) is 0 Å². The van der Waals surface area contributed by atoms with Crippen molar-refractivity contribution in [2.45, 2.75) is 19.8 Å². The number of nitrogens with two attached hydrogens (primary N) is 3. The average molecular weight is 146 g/mol. The van der Waals surface area contributed by atoms with Gasteiger partial charge in [0, 0.05) is 0 Å². The number of amides is 2. The largest absolute Gasteiger partial charge is 0.349 e. The number of urea groups is 1. The fourth-order valence-corrected chi connectivity index (χ4v) is 0.167. The monoisotopic (exact) mass is 146 g/mol. The van der Waals surface area contributed by atoms with E-state index in [-0.39, 0.29) is 0 Å².